The zero-order chi connectivity index (χ0) is 10.8. The molecule has 76 valence electrons. The Morgan fingerprint density at radius 1 is 1.33 bits per heavy atom. The summed E-state index contributed by atoms with van der Waals surface area (Å²) in [5.41, 5.74) is 2.63. The van der Waals surface area contributed by atoms with Crippen molar-refractivity contribution in [2.45, 2.75) is 6.92 Å². The monoisotopic (exact) mass is 280 g/mol. The summed E-state index contributed by atoms with van der Waals surface area (Å²) in [4.78, 5) is 4.50. The number of pyridine rings is 1. The lowest BCUT2D eigenvalue weighted by Crippen LogP contribution is -1.97. The third-order valence-corrected chi connectivity index (χ3v) is 2.97. The highest BCUT2D eigenvalue weighted by atomic mass is 79.9. The highest BCUT2D eigenvalue weighted by Gasteiger charge is 2.01. The van der Waals surface area contributed by atoms with Crippen molar-refractivity contribution in [3.05, 3.63) is 40.5 Å². The van der Waals surface area contributed by atoms with Gasteiger partial charge in [0.2, 0.25) is 0 Å². The molecule has 1 aromatic heterocycles. The molecular formula is C11H9BrN2S. The van der Waals surface area contributed by atoms with Crippen molar-refractivity contribution in [2.75, 3.05) is 0 Å². The van der Waals surface area contributed by atoms with Gasteiger partial charge in [0.05, 0.1) is 16.9 Å². The lowest BCUT2D eigenvalue weighted by atomic mass is 10.2. The van der Waals surface area contributed by atoms with Crippen LogP contribution in [0.15, 0.2) is 39.2 Å². The largest absolute Gasteiger partial charge is 0.246 e. The van der Waals surface area contributed by atoms with Crippen molar-refractivity contribution >= 4 is 45.4 Å². The van der Waals surface area contributed by atoms with Crippen LogP contribution < -0.4 is 0 Å². The van der Waals surface area contributed by atoms with Crippen molar-refractivity contribution in [1.29, 1.82) is 0 Å². The molecule has 0 spiro atoms. The quantitative estimate of drug-likeness (QED) is 0.626. The van der Waals surface area contributed by atoms with E-state index in [4.69, 9.17) is 0 Å². The van der Waals surface area contributed by atoms with Gasteiger partial charge in [-0.2, -0.15) is 0 Å². The molecule has 0 radical (unpaired) electrons. The zero-order valence-corrected chi connectivity index (χ0v) is 10.6. The molecule has 2 rings (SSSR count). The number of nitrogens with zero attached hydrogens (tertiary/aromatic N) is 2. The van der Waals surface area contributed by atoms with Crippen LogP contribution in [-0.4, -0.2) is 10.7 Å². The number of hydrogen-bond donors (Lipinski definition) is 1. The summed E-state index contributed by atoms with van der Waals surface area (Å²) in [6.07, 6.45) is 0. The minimum atomic E-state index is 0.820. The number of hydrogen-bond acceptors (Lipinski definition) is 3. The average molecular weight is 281 g/mol. The summed E-state index contributed by atoms with van der Waals surface area (Å²) in [6, 6.07) is 10.0. The van der Waals surface area contributed by atoms with Gasteiger partial charge in [-0.05, 0) is 37.9 Å². The van der Waals surface area contributed by atoms with Crippen molar-refractivity contribution in [3.63, 3.8) is 0 Å². The van der Waals surface area contributed by atoms with Crippen LogP contribution in [0.4, 0.5) is 0 Å². The molecule has 0 fully saturated rings. The summed E-state index contributed by atoms with van der Waals surface area (Å²) in [7, 11) is 0. The summed E-state index contributed by atoms with van der Waals surface area (Å²) >= 11 is 7.31. The number of aromatic nitrogens is 1. The lowest BCUT2D eigenvalue weighted by molar-refractivity contribution is 1.35. The summed E-state index contributed by atoms with van der Waals surface area (Å²) in [5.74, 6) is 0. The molecular weight excluding hydrogens is 272 g/mol. The number of halogens is 1. The summed E-state index contributed by atoms with van der Waals surface area (Å²) in [5, 5.41) is 1.12. The van der Waals surface area contributed by atoms with E-state index in [-0.39, 0.29) is 0 Å². The minimum absolute atomic E-state index is 0.820. The molecule has 0 aliphatic heterocycles. The molecule has 0 N–H and O–H groups in total. The molecule has 0 unspecified atom stereocenters. The maximum Gasteiger partial charge on any atom is 0.0856 e. The van der Waals surface area contributed by atoms with Crippen LogP contribution in [0.5, 0.6) is 0 Å². The third-order valence-electron chi connectivity index (χ3n) is 2.17. The van der Waals surface area contributed by atoms with Gasteiger partial charge in [0, 0.05) is 9.86 Å². The number of thiol groups is 1. The molecule has 0 atom stereocenters. The molecule has 0 saturated carbocycles. The van der Waals surface area contributed by atoms with Gasteiger partial charge in [-0.1, -0.05) is 28.1 Å². The smallest absolute Gasteiger partial charge is 0.0856 e. The van der Waals surface area contributed by atoms with Crippen LogP contribution in [0.25, 0.3) is 10.9 Å². The van der Waals surface area contributed by atoms with Gasteiger partial charge < -0.3 is 0 Å². The van der Waals surface area contributed by atoms with Crippen molar-refractivity contribution < 1.29 is 0 Å². The van der Waals surface area contributed by atoms with Gasteiger partial charge >= 0.3 is 0 Å². The topological polar surface area (TPSA) is 25.2 Å². The minimum Gasteiger partial charge on any atom is -0.246 e. The fourth-order valence-electron chi connectivity index (χ4n) is 1.34. The third kappa shape index (κ3) is 2.21. The second-order valence-electron chi connectivity index (χ2n) is 3.22. The van der Waals surface area contributed by atoms with E-state index >= 15 is 0 Å². The molecule has 1 heterocycles. The zero-order valence-electron chi connectivity index (χ0n) is 8.11. The van der Waals surface area contributed by atoms with Crippen LogP contribution in [0, 0.1) is 0 Å². The van der Waals surface area contributed by atoms with Gasteiger partial charge in [0.25, 0.3) is 0 Å². The van der Waals surface area contributed by atoms with E-state index < -0.39 is 0 Å². The predicted molar refractivity (Wildman–Crippen MR) is 70.6 cm³/mol. The maximum absolute atomic E-state index is 4.50. The van der Waals surface area contributed by atoms with E-state index in [1.807, 2.05) is 37.3 Å². The number of fused-ring (bicyclic) bond motifs is 1. The first-order valence-corrected chi connectivity index (χ1v) is 5.65. The van der Waals surface area contributed by atoms with Crippen LogP contribution in [0.3, 0.4) is 0 Å². The lowest BCUT2D eigenvalue weighted by Gasteiger charge is -2.02. The second-order valence-corrected chi connectivity index (χ2v) is 4.33. The Morgan fingerprint density at radius 2 is 2.07 bits per heavy atom. The Kier molecular flexibility index (Phi) is 3.07. The Bertz CT molecular complexity index is 537. The molecule has 0 aliphatic carbocycles. The van der Waals surface area contributed by atoms with E-state index in [1.165, 1.54) is 0 Å². The molecule has 2 aromatic rings. The Morgan fingerprint density at radius 3 is 2.80 bits per heavy atom. The highest BCUT2D eigenvalue weighted by Crippen LogP contribution is 2.18. The van der Waals surface area contributed by atoms with Crippen molar-refractivity contribution in [3.8, 4) is 0 Å². The van der Waals surface area contributed by atoms with Gasteiger partial charge in [0.1, 0.15) is 0 Å². The standard InChI is InChI=1S/C11H9BrN2S/c1-7(14-15)10-5-3-8-2-4-9(12)6-11(8)13-10/h2-6,15H,1H3. The van der Waals surface area contributed by atoms with E-state index in [9.17, 15) is 0 Å². The highest BCUT2D eigenvalue weighted by molar-refractivity contribution is 9.10. The maximum atomic E-state index is 4.50. The fourth-order valence-corrected chi connectivity index (χ4v) is 1.79. The summed E-state index contributed by atoms with van der Waals surface area (Å²) in [6.45, 7) is 1.89. The van der Waals surface area contributed by atoms with Gasteiger partial charge in [-0.15, -0.1) is 0 Å². The molecule has 0 aliphatic rings. The van der Waals surface area contributed by atoms with Gasteiger partial charge in [0.15, 0.2) is 0 Å². The first kappa shape index (κ1) is 10.6. The van der Waals surface area contributed by atoms with Gasteiger partial charge in [-0.3, -0.25) is 0 Å². The van der Waals surface area contributed by atoms with E-state index in [0.29, 0.717) is 0 Å². The molecule has 4 heteroatoms. The average Bonchev–Trinajstić information content (AvgIpc) is 2.27. The van der Waals surface area contributed by atoms with Crippen molar-refractivity contribution in [2.24, 2.45) is 4.40 Å². The SMILES string of the molecule is CC(=NS)c1ccc2ccc(Br)cc2n1. The molecule has 1 aromatic carbocycles. The van der Waals surface area contributed by atoms with Crippen molar-refractivity contribution in [1.82, 2.24) is 4.98 Å². The van der Waals surface area contributed by atoms with E-state index in [2.05, 4.69) is 38.1 Å². The van der Waals surface area contributed by atoms with Crippen LogP contribution in [0.2, 0.25) is 0 Å². The number of rotatable bonds is 1. The normalized spacial score (nSPS) is 12.1. The van der Waals surface area contributed by atoms with Gasteiger partial charge in [-0.25, -0.2) is 9.38 Å². The Balaban J connectivity index is 2.64. The molecule has 15 heavy (non-hydrogen) atoms. The van der Waals surface area contributed by atoms with Crippen LogP contribution in [0.1, 0.15) is 12.6 Å². The van der Waals surface area contributed by atoms with Crippen LogP contribution >= 0.6 is 28.7 Å². The first-order valence-electron chi connectivity index (χ1n) is 4.46. The molecule has 0 saturated heterocycles. The molecule has 0 bridgehead atoms. The number of benzene rings is 1. The molecule has 2 nitrogen and oxygen atoms in total. The second kappa shape index (κ2) is 4.33. The first-order chi connectivity index (χ1) is 7.20. The Hall–Kier alpha value is -0.870. The Labute approximate surface area is 102 Å². The van der Waals surface area contributed by atoms with Crippen LogP contribution in [-0.2, 0) is 0 Å². The van der Waals surface area contributed by atoms with E-state index in [0.717, 1.165) is 26.8 Å². The predicted octanol–water partition coefficient (Wildman–Crippen LogP) is 3.65. The van der Waals surface area contributed by atoms with E-state index in [1.54, 1.807) is 0 Å². The summed E-state index contributed by atoms with van der Waals surface area (Å²) < 4.78 is 4.85. The molecule has 0 amide bonds. The fraction of sp³-hybridized carbons (Fsp3) is 0.0909.